The molecule has 0 aliphatic carbocycles. The Morgan fingerprint density at radius 1 is 0.704 bits per heavy atom. The second-order valence-electron chi connectivity index (χ2n) is 6.65. The van der Waals surface area contributed by atoms with Crippen LogP contribution in [0.25, 0.3) is 0 Å². The Morgan fingerprint density at radius 3 is 1.33 bits per heavy atom. The molecule has 0 bridgehead atoms. The van der Waals surface area contributed by atoms with Crippen molar-refractivity contribution in [2.75, 3.05) is 78.5 Å². The fourth-order valence-electron chi connectivity index (χ4n) is 2.98. The number of nitrogens with zero attached hydrogens (tertiary/aromatic N) is 4. The summed E-state index contributed by atoms with van der Waals surface area (Å²) in [7, 11) is 0. The number of carboxylic acids is 2. The molecular weight excluding hydrogens is 356 g/mol. The molecule has 1 aliphatic heterocycles. The highest BCUT2D eigenvalue weighted by Gasteiger charge is 2.19. The van der Waals surface area contributed by atoms with Gasteiger partial charge in [0.15, 0.2) is 0 Å². The molecule has 154 valence electrons. The van der Waals surface area contributed by atoms with Gasteiger partial charge >= 0.3 is 11.9 Å². The van der Waals surface area contributed by atoms with Crippen LogP contribution in [0.3, 0.4) is 0 Å². The number of aliphatic carboxylic acids is 2. The first-order chi connectivity index (χ1) is 12.8. The molecule has 1 saturated heterocycles. The van der Waals surface area contributed by atoms with Gasteiger partial charge in [-0.05, 0) is 0 Å². The number of hydrogen-bond acceptors (Lipinski definition) is 8. The zero-order valence-corrected chi connectivity index (χ0v) is 15.6. The number of carboxylic acid groups (broad SMARTS) is 2. The predicted molar refractivity (Wildman–Crippen MR) is 98.9 cm³/mol. The lowest BCUT2D eigenvalue weighted by Gasteiger charge is -2.32. The van der Waals surface area contributed by atoms with Crippen LogP contribution in [-0.2, 0) is 14.4 Å². The molecule has 1 aliphatic rings. The lowest BCUT2D eigenvalue weighted by Crippen LogP contribution is -2.48. The summed E-state index contributed by atoms with van der Waals surface area (Å²) in [5, 5.41) is 27.7. The van der Waals surface area contributed by atoms with Crippen LogP contribution in [0.4, 0.5) is 0 Å². The summed E-state index contributed by atoms with van der Waals surface area (Å²) in [5.74, 6) is -1.86. The molecule has 0 atom stereocenters. The standard InChI is InChI=1S/C17H30N4O6/c1-15(23)12-19-4-2-18(10-11-22)3-5-20(13-16(24)25)8-9-21(7-6-19)14-17(26)27/h11,23H,1-10,12-14H2,(H,24,25)(H,26,27). The minimum absolute atomic E-state index is 0.0291. The monoisotopic (exact) mass is 386 g/mol. The Balaban J connectivity index is 2.86. The van der Waals surface area contributed by atoms with Crippen molar-refractivity contribution in [3.05, 3.63) is 12.3 Å². The van der Waals surface area contributed by atoms with E-state index < -0.39 is 11.9 Å². The maximum Gasteiger partial charge on any atom is 0.317 e. The van der Waals surface area contributed by atoms with Crippen LogP contribution < -0.4 is 0 Å². The molecule has 0 aromatic heterocycles. The minimum atomic E-state index is -0.943. The molecule has 3 N–H and O–H groups in total. The Bertz CT molecular complexity index is 484. The molecule has 0 aromatic rings. The Labute approximate surface area is 159 Å². The molecule has 0 unspecified atom stereocenters. The quantitative estimate of drug-likeness (QED) is 0.340. The van der Waals surface area contributed by atoms with Crippen molar-refractivity contribution >= 4 is 18.2 Å². The van der Waals surface area contributed by atoms with Gasteiger partial charge in [0.25, 0.3) is 0 Å². The van der Waals surface area contributed by atoms with Gasteiger partial charge in [0.1, 0.15) is 6.29 Å². The summed E-state index contributed by atoms with van der Waals surface area (Å²) in [4.78, 5) is 40.6. The van der Waals surface area contributed by atoms with Crippen molar-refractivity contribution in [3.63, 3.8) is 0 Å². The first-order valence-corrected chi connectivity index (χ1v) is 8.93. The van der Waals surface area contributed by atoms with E-state index in [1.165, 1.54) is 0 Å². The number of aliphatic hydroxyl groups excluding tert-OH is 1. The van der Waals surface area contributed by atoms with Gasteiger partial charge in [0.05, 0.1) is 31.9 Å². The van der Waals surface area contributed by atoms with Crippen molar-refractivity contribution < 1.29 is 29.7 Å². The topological polar surface area (TPSA) is 125 Å². The van der Waals surface area contributed by atoms with Gasteiger partial charge in [0, 0.05) is 52.4 Å². The van der Waals surface area contributed by atoms with Gasteiger partial charge in [-0.3, -0.25) is 29.2 Å². The van der Waals surface area contributed by atoms with Crippen LogP contribution in [0, 0.1) is 0 Å². The van der Waals surface area contributed by atoms with E-state index in [-0.39, 0.29) is 31.9 Å². The minimum Gasteiger partial charge on any atom is -0.512 e. The number of hydrogen-bond donors (Lipinski definition) is 3. The second-order valence-corrected chi connectivity index (χ2v) is 6.65. The predicted octanol–water partition coefficient (Wildman–Crippen LogP) is -1.35. The maximum atomic E-state index is 11.1. The van der Waals surface area contributed by atoms with Crippen molar-refractivity contribution in [2.45, 2.75) is 0 Å². The Kier molecular flexibility index (Phi) is 10.6. The summed E-state index contributed by atoms with van der Waals surface area (Å²) >= 11 is 0. The van der Waals surface area contributed by atoms with Gasteiger partial charge in [-0.15, -0.1) is 0 Å². The zero-order chi connectivity index (χ0) is 20.2. The van der Waals surface area contributed by atoms with Crippen molar-refractivity contribution in [2.24, 2.45) is 0 Å². The van der Waals surface area contributed by atoms with Crippen LogP contribution in [0.1, 0.15) is 0 Å². The van der Waals surface area contributed by atoms with E-state index in [0.29, 0.717) is 52.4 Å². The van der Waals surface area contributed by atoms with Gasteiger partial charge in [-0.1, -0.05) is 6.58 Å². The SMILES string of the molecule is C=C(O)CN1CCN(CC=O)CCN(CC(=O)O)CCN(CC(=O)O)CC1. The molecule has 0 aromatic carbocycles. The summed E-state index contributed by atoms with van der Waals surface area (Å²) < 4.78 is 0. The van der Waals surface area contributed by atoms with Crippen LogP contribution in [-0.4, -0.2) is 132 Å². The normalized spacial score (nSPS) is 19.7. The molecule has 0 saturated carbocycles. The number of carbonyl (C=O) groups excluding carboxylic acids is 1. The van der Waals surface area contributed by atoms with Gasteiger partial charge in [-0.25, -0.2) is 0 Å². The third-order valence-electron chi connectivity index (χ3n) is 4.39. The first-order valence-electron chi connectivity index (χ1n) is 8.93. The molecule has 0 amide bonds. The van der Waals surface area contributed by atoms with Gasteiger partial charge < -0.3 is 20.1 Å². The highest BCUT2D eigenvalue weighted by Crippen LogP contribution is 2.02. The van der Waals surface area contributed by atoms with Crippen LogP contribution >= 0.6 is 0 Å². The summed E-state index contributed by atoms with van der Waals surface area (Å²) in [6.07, 6.45) is 0.817. The van der Waals surface area contributed by atoms with E-state index in [4.69, 9.17) is 10.2 Å². The number of aliphatic hydroxyl groups is 1. The lowest BCUT2D eigenvalue weighted by molar-refractivity contribution is -0.140. The fraction of sp³-hybridized carbons (Fsp3) is 0.706. The van der Waals surface area contributed by atoms with Crippen molar-refractivity contribution in [3.8, 4) is 0 Å². The molecular formula is C17H30N4O6. The Hall–Kier alpha value is -2.01. The molecule has 0 radical (unpaired) electrons. The summed E-state index contributed by atoms with van der Waals surface area (Å²) in [5.41, 5.74) is 0. The average Bonchev–Trinajstić information content (AvgIpc) is 2.56. The van der Waals surface area contributed by atoms with E-state index in [9.17, 15) is 19.5 Å². The first kappa shape index (κ1) is 23.0. The van der Waals surface area contributed by atoms with E-state index in [1.807, 2.05) is 9.80 Å². The van der Waals surface area contributed by atoms with E-state index in [2.05, 4.69) is 6.58 Å². The van der Waals surface area contributed by atoms with Crippen LogP contribution in [0.15, 0.2) is 12.3 Å². The molecule has 10 nitrogen and oxygen atoms in total. The molecule has 1 heterocycles. The van der Waals surface area contributed by atoms with E-state index >= 15 is 0 Å². The number of carbonyl (C=O) groups is 3. The fourth-order valence-corrected chi connectivity index (χ4v) is 2.98. The Morgan fingerprint density at radius 2 is 1.04 bits per heavy atom. The van der Waals surface area contributed by atoms with Gasteiger partial charge in [0.2, 0.25) is 0 Å². The van der Waals surface area contributed by atoms with Crippen molar-refractivity contribution in [1.82, 2.24) is 19.6 Å². The molecule has 1 fully saturated rings. The number of rotatable bonds is 8. The second kappa shape index (κ2) is 12.4. The summed E-state index contributed by atoms with van der Waals surface area (Å²) in [6.45, 7) is 7.75. The molecule has 27 heavy (non-hydrogen) atoms. The maximum absolute atomic E-state index is 11.1. The smallest absolute Gasteiger partial charge is 0.317 e. The van der Waals surface area contributed by atoms with Crippen molar-refractivity contribution in [1.29, 1.82) is 0 Å². The van der Waals surface area contributed by atoms with E-state index in [0.717, 1.165) is 6.29 Å². The van der Waals surface area contributed by atoms with Gasteiger partial charge in [-0.2, -0.15) is 0 Å². The third kappa shape index (κ3) is 10.7. The molecule has 10 heteroatoms. The third-order valence-corrected chi connectivity index (χ3v) is 4.39. The zero-order valence-electron chi connectivity index (χ0n) is 15.6. The summed E-state index contributed by atoms with van der Waals surface area (Å²) in [6, 6.07) is 0. The van der Waals surface area contributed by atoms with E-state index in [1.54, 1.807) is 9.80 Å². The lowest BCUT2D eigenvalue weighted by atomic mass is 10.3. The van der Waals surface area contributed by atoms with Crippen LogP contribution in [0.5, 0.6) is 0 Å². The molecule has 1 rings (SSSR count). The van der Waals surface area contributed by atoms with Crippen LogP contribution in [0.2, 0.25) is 0 Å². The number of aldehydes is 1. The molecule has 0 spiro atoms. The highest BCUT2D eigenvalue weighted by molar-refractivity contribution is 5.69. The average molecular weight is 386 g/mol. The highest BCUT2D eigenvalue weighted by atomic mass is 16.4. The largest absolute Gasteiger partial charge is 0.512 e.